The van der Waals surface area contributed by atoms with Crippen LogP contribution >= 0.6 is 0 Å². The standard InChI is InChI=1S/C13H10F4NO/c1-19-18-7-5-9(6-8-18)10-3-2-4-11(14)12(10)13(15,16)17/h2-8H,1H3/q+1. The van der Waals surface area contributed by atoms with E-state index in [9.17, 15) is 17.6 Å². The second-order valence-corrected chi connectivity index (χ2v) is 3.79. The van der Waals surface area contributed by atoms with Gasteiger partial charge in [0.15, 0.2) is 0 Å². The molecule has 0 fully saturated rings. The van der Waals surface area contributed by atoms with E-state index in [1.165, 1.54) is 48.5 Å². The van der Waals surface area contributed by atoms with Crippen molar-refractivity contribution >= 4 is 0 Å². The number of nitrogens with zero attached hydrogens (tertiary/aromatic N) is 1. The van der Waals surface area contributed by atoms with E-state index in [0.717, 1.165) is 6.07 Å². The Kier molecular flexibility index (Phi) is 3.42. The SMILES string of the molecule is CO[n+]1ccc(-c2cccc(F)c2C(F)(F)F)cc1. The fourth-order valence-corrected chi connectivity index (χ4v) is 1.77. The lowest BCUT2D eigenvalue weighted by atomic mass is 10.00. The van der Waals surface area contributed by atoms with Gasteiger partial charge in [0.1, 0.15) is 12.9 Å². The summed E-state index contributed by atoms with van der Waals surface area (Å²) in [5.41, 5.74) is -1.19. The first-order valence-corrected chi connectivity index (χ1v) is 5.35. The Morgan fingerprint density at radius 2 is 1.68 bits per heavy atom. The molecule has 2 aromatic rings. The van der Waals surface area contributed by atoms with Crippen LogP contribution in [0, 0.1) is 5.82 Å². The highest BCUT2D eigenvalue weighted by atomic mass is 19.4. The minimum atomic E-state index is -4.74. The molecule has 2 nitrogen and oxygen atoms in total. The van der Waals surface area contributed by atoms with Crippen molar-refractivity contribution in [3.05, 3.63) is 54.1 Å². The van der Waals surface area contributed by atoms with Crippen LogP contribution in [-0.2, 0) is 6.18 Å². The number of halogens is 4. The lowest BCUT2D eigenvalue weighted by Gasteiger charge is -2.13. The van der Waals surface area contributed by atoms with Gasteiger partial charge < -0.3 is 0 Å². The second-order valence-electron chi connectivity index (χ2n) is 3.79. The van der Waals surface area contributed by atoms with Gasteiger partial charge in [0, 0.05) is 16.9 Å². The first-order valence-electron chi connectivity index (χ1n) is 5.35. The van der Waals surface area contributed by atoms with Crippen molar-refractivity contribution in [1.29, 1.82) is 0 Å². The van der Waals surface area contributed by atoms with Gasteiger partial charge in [-0.2, -0.15) is 13.2 Å². The molecule has 0 radical (unpaired) electrons. The third-order valence-corrected chi connectivity index (χ3v) is 2.62. The molecule has 1 aromatic carbocycles. The summed E-state index contributed by atoms with van der Waals surface area (Å²) in [7, 11) is 1.42. The van der Waals surface area contributed by atoms with Crippen molar-refractivity contribution in [1.82, 2.24) is 0 Å². The van der Waals surface area contributed by atoms with E-state index in [1.54, 1.807) is 0 Å². The number of hydrogen-bond donors (Lipinski definition) is 0. The van der Waals surface area contributed by atoms with Crippen molar-refractivity contribution in [2.45, 2.75) is 6.18 Å². The molecule has 100 valence electrons. The molecule has 0 aliphatic rings. The largest absolute Gasteiger partial charge is 0.419 e. The van der Waals surface area contributed by atoms with Crippen molar-refractivity contribution in [2.75, 3.05) is 7.11 Å². The van der Waals surface area contributed by atoms with Crippen molar-refractivity contribution < 1.29 is 27.1 Å². The molecule has 0 atom stereocenters. The van der Waals surface area contributed by atoms with E-state index in [0.29, 0.717) is 0 Å². The summed E-state index contributed by atoms with van der Waals surface area (Å²) in [5, 5.41) is 0. The van der Waals surface area contributed by atoms with Gasteiger partial charge >= 0.3 is 6.18 Å². The van der Waals surface area contributed by atoms with E-state index in [-0.39, 0.29) is 11.1 Å². The molecule has 1 heterocycles. The average Bonchev–Trinajstić information content (AvgIpc) is 2.37. The number of rotatable bonds is 2. The molecule has 0 saturated carbocycles. The Bertz CT molecular complexity index is 578. The number of hydrogen-bond acceptors (Lipinski definition) is 1. The molecule has 0 unspecified atom stereocenters. The topological polar surface area (TPSA) is 13.1 Å². The smallest absolute Gasteiger partial charge is 0.275 e. The van der Waals surface area contributed by atoms with Gasteiger partial charge in [-0.3, -0.25) is 4.84 Å². The van der Waals surface area contributed by atoms with Crippen molar-refractivity contribution in [2.24, 2.45) is 0 Å². The van der Waals surface area contributed by atoms with Gasteiger partial charge in [-0.15, -0.1) is 0 Å². The molecule has 0 N–H and O–H groups in total. The monoisotopic (exact) mass is 272 g/mol. The zero-order valence-electron chi connectivity index (χ0n) is 9.91. The molecule has 6 heteroatoms. The molecule has 2 rings (SSSR count). The summed E-state index contributed by atoms with van der Waals surface area (Å²) < 4.78 is 53.4. The van der Waals surface area contributed by atoms with Crippen LogP contribution in [-0.4, -0.2) is 7.11 Å². The maximum atomic E-state index is 13.4. The fraction of sp³-hybridized carbons (Fsp3) is 0.154. The Labute approximate surface area is 106 Å². The van der Waals surface area contributed by atoms with Gasteiger partial charge in [0.25, 0.3) is 0 Å². The molecular formula is C13H10F4NO+. The Balaban J connectivity index is 2.58. The summed E-state index contributed by atoms with van der Waals surface area (Å²) in [4.78, 5) is 4.85. The van der Waals surface area contributed by atoms with E-state index >= 15 is 0 Å². The molecule has 0 aliphatic heterocycles. The number of benzene rings is 1. The van der Waals surface area contributed by atoms with E-state index in [1.807, 2.05) is 0 Å². The lowest BCUT2D eigenvalue weighted by molar-refractivity contribution is -0.885. The minimum absolute atomic E-state index is 0.198. The van der Waals surface area contributed by atoms with Crippen LogP contribution in [0.2, 0.25) is 0 Å². The first kappa shape index (κ1) is 13.3. The fourth-order valence-electron chi connectivity index (χ4n) is 1.77. The summed E-state index contributed by atoms with van der Waals surface area (Å²) in [6, 6.07) is 6.13. The highest BCUT2D eigenvalue weighted by Crippen LogP contribution is 2.38. The van der Waals surface area contributed by atoms with Crippen LogP contribution in [0.3, 0.4) is 0 Å². The van der Waals surface area contributed by atoms with Gasteiger partial charge in [0.05, 0.1) is 5.56 Å². The van der Waals surface area contributed by atoms with Crippen molar-refractivity contribution in [3.63, 3.8) is 0 Å². The predicted octanol–water partition coefficient (Wildman–Crippen LogP) is 2.86. The maximum Gasteiger partial charge on any atom is 0.419 e. The predicted molar refractivity (Wildman–Crippen MR) is 59.5 cm³/mol. The van der Waals surface area contributed by atoms with E-state index < -0.39 is 17.6 Å². The Morgan fingerprint density at radius 1 is 1.05 bits per heavy atom. The van der Waals surface area contributed by atoms with Gasteiger partial charge in [0.2, 0.25) is 12.4 Å². The third kappa shape index (κ3) is 2.67. The van der Waals surface area contributed by atoms with Crippen molar-refractivity contribution in [3.8, 4) is 11.1 Å². The highest BCUT2D eigenvalue weighted by Gasteiger charge is 2.37. The number of pyridine rings is 1. The molecule has 1 aromatic heterocycles. The van der Waals surface area contributed by atoms with E-state index in [4.69, 9.17) is 4.84 Å². The zero-order chi connectivity index (χ0) is 14.0. The molecule has 19 heavy (non-hydrogen) atoms. The molecule has 0 spiro atoms. The van der Waals surface area contributed by atoms with Crippen LogP contribution in [0.15, 0.2) is 42.7 Å². The first-order chi connectivity index (χ1) is 8.93. The Hall–Kier alpha value is -2.11. The van der Waals surface area contributed by atoms with Gasteiger partial charge in [-0.25, -0.2) is 4.39 Å². The quantitative estimate of drug-likeness (QED) is 0.605. The second kappa shape index (κ2) is 4.87. The van der Waals surface area contributed by atoms with Gasteiger partial charge in [-0.05, 0) is 17.2 Å². The van der Waals surface area contributed by atoms with Crippen LogP contribution < -0.4 is 9.57 Å². The number of aromatic nitrogens is 1. The zero-order valence-corrected chi connectivity index (χ0v) is 9.91. The molecule has 0 bridgehead atoms. The summed E-state index contributed by atoms with van der Waals surface area (Å²) >= 11 is 0. The van der Waals surface area contributed by atoms with E-state index in [2.05, 4.69) is 0 Å². The summed E-state index contributed by atoms with van der Waals surface area (Å²) in [5.74, 6) is -1.28. The molecular weight excluding hydrogens is 262 g/mol. The summed E-state index contributed by atoms with van der Waals surface area (Å²) in [6.07, 6.45) is -1.85. The maximum absolute atomic E-state index is 13.4. The lowest BCUT2D eigenvalue weighted by Crippen LogP contribution is -2.39. The van der Waals surface area contributed by atoms with Crippen LogP contribution in [0.25, 0.3) is 11.1 Å². The normalized spacial score (nSPS) is 11.4. The minimum Gasteiger partial charge on any atom is -0.275 e. The molecule has 0 aliphatic carbocycles. The Morgan fingerprint density at radius 3 is 2.21 bits per heavy atom. The van der Waals surface area contributed by atoms with Crippen LogP contribution in [0.5, 0.6) is 0 Å². The molecule has 0 saturated heterocycles. The third-order valence-electron chi connectivity index (χ3n) is 2.62. The highest BCUT2D eigenvalue weighted by molar-refractivity contribution is 5.67. The summed E-state index contributed by atoms with van der Waals surface area (Å²) in [6.45, 7) is 0. The number of alkyl halides is 3. The molecule has 0 amide bonds. The van der Waals surface area contributed by atoms with Crippen LogP contribution in [0.4, 0.5) is 17.6 Å². The van der Waals surface area contributed by atoms with Gasteiger partial charge in [-0.1, -0.05) is 12.1 Å². The average molecular weight is 272 g/mol. The van der Waals surface area contributed by atoms with Crippen LogP contribution in [0.1, 0.15) is 5.56 Å².